The highest BCUT2D eigenvalue weighted by Gasteiger charge is 2.10. The predicted octanol–water partition coefficient (Wildman–Crippen LogP) is 2.41. The Bertz CT molecular complexity index is 485. The van der Waals surface area contributed by atoms with Crippen LogP contribution in [0.25, 0.3) is 0 Å². The van der Waals surface area contributed by atoms with Gasteiger partial charge in [-0.2, -0.15) is 0 Å². The first-order chi connectivity index (χ1) is 8.79. The third kappa shape index (κ3) is 3.31. The summed E-state index contributed by atoms with van der Waals surface area (Å²) in [6.07, 6.45) is 2.54. The summed E-state index contributed by atoms with van der Waals surface area (Å²) in [6.45, 7) is 2.09. The number of aliphatic hydroxyl groups is 1. The number of aromatic nitrogens is 1. The number of hydrogen-bond acceptors (Lipinski definition) is 3. The molecule has 1 atom stereocenters. The van der Waals surface area contributed by atoms with E-state index in [1.54, 1.807) is 6.20 Å². The van der Waals surface area contributed by atoms with Gasteiger partial charge in [0.1, 0.15) is 5.82 Å². The van der Waals surface area contributed by atoms with Crippen molar-refractivity contribution >= 4 is 5.82 Å². The maximum atomic E-state index is 9.45. The molecule has 0 aliphatic heterocycles. The van der Waals surface area contributed by atoms with Crippen molar-refractivity contribution in [3.05, 3.63) is 59.8 Å². The number of pyridine rings is 1. The second-order valence-electron chi connectivity index (χ2n) is 4.38. The van der Waals surface area contributed by atoms with Crippen LogP contribution in [0.2, 0.25) is 0 Å². The molecule has 0 saturated carbocycles. The summed E-state index contributed by atoms with van der Waals surface area (Å²) in [7, 11) is 0. The second kappa shape index (κ2) is 6.17. The van der Waals surface area contributed by atoms with Crippen LogP contribution in [-0.4, -0.2) is 22.7 Å². The number of nitrogens with one attached hydrogen (secondary N) is 1. The van der Waals surface area contributed by atoms with Gasteiger partial charge in [-0.3, -0.25) is 0 Å². The minimum atomic E-state index is -0.0130. The Kier molecular flexibility index (Phi) is 4.31. The van der Waals surface area contributed by atoms with Gasteiger partial charge in [0, 0.05) is 6.20 Å². The second-order valence-corrected chi connectivity index (χ2v) is 4.38. The van der Waals surface area contributed by atoms with Crippen LogP contribution in [0.3, 0.4) is 0 Å². The number of hydrogen-bond donors (Lipinski definition) is 2. The van der Waals surface area contributed by atoms with Crippen LogP contribution < -0.4 is 5.32 Å². The molecule has 1 unspecified atom stereocenters. The highest BCUT2D eigenvalue weighted by molar-refractivity contribution is 5.43. The number of aryl methyl sites for hydroxylation is 1. The van der Waals surface area contributed by atoms with Crippen molar-refractivity contribution in [1.29, 1.82) is 0 Å². The van der Waals surface area contributed by atoms with E-state index in [1.807, 2.05) is 37.3 Å². The average Bonchev–Trinajstić information content (AvgIpc) is 2.41. The normalized spacial score (nSPS) is 12.1. The summed E-state index contributed by atoms with van der Waals surface area (Å²) in [5.41, 5.74) is 2.29. The summed E-state index contributed by atoms with van der Waals surface area (Å²) in [5, 5.41) is 12.7. The van der Waals surface area contributed by atoms with E-state index >= 15 is 0 Å². The lowest BCUT2D eigenvalue weighted by atomic mass is 10.1. The fourth-order valence-corrected chi connectivity index (χ4v) is 1.89. The number of anilines is 1. The fraction of sp³-hybridized carbons (Fsp3) is 0.267. The Morgan fingerprint density at radius 2 is 1.94 bits per heavy atom. The van der Waals surface area contributed by atoms with E-state index in [2.05, 4.69) is 22.4 Å². The van der Waals surface area contributed by atoms with Crippen LogP contribution in [0.5, 0.6) is 0 Å². The lowest BCUT2D eigenvalue weighted by Gasteiger charge is -2.18. The monoisotopic (exact) mass is 242 g/mol. The Morgan fingerprint density at radius 3 is 2.61 bits per heavy atom. The van der Waals surface area contributed by atoms with Gasteiger partial charge in [0.05, 0.1) is 12.6 Å². The molecule has 0 aliphatic rings. The van der Waals surface area contributed by atoms with Crippen LogP contribution in [0.1, 0.15) is 11.1 Å². The predicted molar refractivity (Wildman–Crippen MR) is 73.6 cm³/mol. The molecule has 3 heteroatoms. The van der Waals surface area contributed by atoms with Crippen LogP contribution >= 0.6 is 0 Å². The maximum absolute atomic E-state index is 9.45. The molecule has 0 bridgehead atoms. The first-order valence-electron chi connectivity index (χ1n) is 6.12. The Hall–Kier alpha value is -1.87. The molecule has 0 amide bonds. The zero-order valence-electron chi connectivity index (χ0n) is 10.5. The Labute approximate surface area is 108 Å². The van der Waals surface area contributed by atoms with Gasteiger partial charge < -0.3 is 10.4 Å². The van der Waals surface area contributed by atoms with E-state index < -0.39 is 0 Å². The van der Waals surface area contributed by atoms with E-state index in [4.69, 9.17) is 0 Å². The van der Waals surface area contributed by atoms with Gasteiger partial charge in [-0.25, -0.2) is 4.98 Å². The molecule has 0 spiro atoms. The van der Waals surface area contributed by atoms with E-state index in [-0.39, 0.29) is 12.6 Å². The number of benzene rings is 1. The molecule has 1 heterocycles. The van der Waals surface area contributed by atoms with E-state index in [9.17, 15) is 5.11 Å². The molecule has 18 heavy (non-hydrogen) atoms. The van der Waals surface area contributed by atoms with Crippen LogP contribution in [0.4, 0.5) is 5.82 Å². The molecule has 3 nitrogen and oxygen atoms in total. The van der Waals surface area contributed by atoms with Gasteiger partial charge in [-0.15, -0.1) is 0 Å². The summed E-state index contributed by atoms with van der Waals surface area (Å²) < 4.78 is 0. The van der Waals surface area contributed by atoms with Gasteiger partial charge in [-0.1, -0.05) is 36.4 Å². The molecule has 0 radical (unpaired) electrons. The molecule has 0 saturated heterocycles. The van der Waals surface area contributed by atoms with Crippen molar-refractivity contribution < 1.29 is 5.11 Å². The van der Waals surface area contributed by atoms with Gasteiger partial charge in [0.25, 0.3) is 0 Å². The molecule has 2 N–H and O–H groups in total. The molecular weight excluding hydrogens is 224 g/mol. The molecule has 94 valence electrons. The van der Waals surface area contributed by atoms with Crippen molar-refractivity contribution in [2.75, 3.05) is 11.9 Å². The van der Waals surface area contributed by atoms with Crippen LogP contribution in [0, 0.1) is 6.92 Å². The third-order valence-electron chi connectivity index (χ3n) is 2.90. The first kappa shape index (κ1) is 12.6. The minimum absolute atomic E-state index is 0.0130. The summed E-state index contributed by atoms with van der Waals surface area (Å²) in [4.78, 5) is 4.29. The van der Waals surface area contributed by atoms with Crippen molar-refractivity contribution in [3.8, 4) is 0 Å². The summed E-state index contributed by atoms with van der Waals surface area (Å²) >= 11 is 0. The third-order valence-corrected chi connectivity index (χ3v) is 2.90. The van der Waals surface area contributed by atoms with Crippen LogP contribution in [0.15, 0.2) is 48.7 Å². The Morgan fingerprint density at radius 1 is 1.17 bits per heavy atom. The smallest absolute Gasteiger partial charge is 0.129 e. The minimum Gasteiger partial charge on any atom is -0.394 e. The largest absolute Gasteiger partial charge is 0.394 e. The number of rotatable bonds is 5. The highest BCUT2D eigenvalue weighted by Crippen LogP contribution is 2.12. The van der Waals surface area contributed by atoms with Gasteiger partial charge >= 0.3 is 0 Å². The van der Waals surface area contributed by atoms with E-state index in [1.165, 1.54) is 5.56 Å². The molecule has 2 aromatic rings. The van der Waals surface area contributed by atoms with Gasteiger partial charge in [0.15, 0.2) is 0 Å². The topological polar surface area (TPSA) is 45.2 Å². The zero-order valence-corrected chi connectivity index (χ0v) is 10.5. The van der Waals surface area contributed by atoms with Crippen molar-refractivity contribution in [1.82, 2.24) is 4.98 Å². The molecule has 0 aliphatic carbocycles. The zero-order chi connectivity index (χ0) is 12.8. The molecule has 1 aromatic heterocycles. The van der Waals surface area contributed by atoms with E-state index in [0.717, 1.165) is 17.8 Å². The molecule has 0 fully saturated rings. The average molecular weight is 242 g/mol. The van der Waals surface area contributed by atoms with Gasteiger partial charge in [0.2, 0.25) is 0 Å². The number of aliphatic hydroxyl groups excluding tert-OH is 1. The first-order valence-corrected chi connectivity index (χ1v) is 6.12. The number of nitrogens with zero attached hydrogens (tertiary/aromatic N) is 1. The lowest BCUT2D eigenvalue weighted by molar-refractivity contribution is 0.273. The highest BCUT2D eigenvalue weighted by atomic mass is 16.3. The molecular formula is C15H18N2O. The van der Waals surface area contributed by atoms with Crippen LogP contribution in [-0.2, 0) is 6.42 Å². The summed E-state index contributed by atoms with van der Waals surface area (Å²) in [5.74, 6) is 0.840. The van der Waals surface area contributed by atoms with Crippen molar-refractivity contribution in [2.45, 2.75) is 19.4 Å². The lowest BCUT2D eigenvalue weighted by Crippen LogP contribution is -2.27. The molecule has 1 aromatic carbocycles. The maximum Gasteiger partial charge on any atom is 0.129 e. The van der Waals surface area contributed by atoms with Crippen molar-refractivity contribution in [3.63, 3.8) is 0 Å². The quantitative estimate of drug-likeness (QED) is 0.846. The summed E-state index contributed by atoms with van der Waals surface area (Å²) in [6, 6.07) is 14.0. The van der Waals surface area contributed by atoms with Crippen molar-refractivity contribution in [2.24, 2.45) is 0 Å². The molecule has 2 rings (SSSR count). The standard InChI is InChI=1S/C15H18N2O/c1-12-6-5-9-16-15(12)17-14(11-18)10-13-7-3-2-4-8-13/h2-9,14,18H,10-11H2,1H3,(H,16,17). The SMILES string of the molecule is Cc1cccnc1NC(CO)Cc1ccccc1. The fourth-order valence-electron chi connectivity index (χ4n) is 1.89. The van der Waals surface area contributed by atoms with E-state index in [0.29, 0.717) is 0 Å². The Balaban J connectivity index is 2.04. The van der Waals surface area contributed by atoms with Gasteiger partial charge in [-0.05, 0) is 30.5 Å².